The quantitative estimate of drug-likeness (QED) is 0.870. The summed E-state index contributed by atoms with van der Waals surface area (Å²) in [6.07, 6.45) is 3.07. The van der Waals surface area contributed by atoms with Crippen LogP contribution in [-0.2, 0) is 12.0 Å². The number of nitrogens with one attached hydrogen (secondary N) is 1. The van der Waals surface area contributed by atoms with Crippen molar-refractivity contribution in [1.29, 1.82) is 0 Å². The Labute approximate surface area is 143 Å². The molecule has 0 atom stereocenters. The van der Waals surface area contributed by atoms with Gasteiger partial charge in [-0.1, -0.05) is 18.9 Å². The van der Waals surface area contributed by atoms with E-state index in [1.165, 1.54) is 29.5 Å². The van der Waals surface area contributed by atoms with Gasteiger partial charge in [-0.05, 0) is 25.0 Å². The molecule has 0 bridgehead atoms. The molecule has 0 radical (unpaired) electrons. The number of hydrogen-bond acceptors (Lipinski definition) is 4. The van der Waals surface area contributed by atoms with E-state index in [2.05, 4.69) is 10.3 Å². The van der Waals surface area contributed by atoms with Crippen LogP contribution >= 0.6 is 11.3 Å². The van der Waals surface area contributed by atoms with E-state index >= 15 is 0 Å². The molecule has 1 heterocycles. The van der Waals surface area contributed by atoms with Crippen molar-refractivity contribution in [3.8, 4) is 0 Å². The Kier molecular flexibility index (Phi) is 4.91. The minimum Gasteiger partial charge on any atom is -0.350 e. The van der Waals surface area contributed by atoms with E-state index < -0.39 is 17.0 Å². The molecule has 1 aromatic heterocycles. The molecular weight excluding hydrogens is 332 g/mol. The van der Waals surface area contributed by atoms with Gasteiger partial charge in [-0.15, -0.1) is 11.3 Å². The third kappa shape index (κ3) is 3.18. The number of thiazole rings is 1. The molecule has 1 aliphatic carbocycles. The van der Waals surface area contributed by atoms with Gasteiger partial charge < -0.3 is 11.1 Å². The van der Waals surface area contributed by atoms with Gasteiger partial charge in [-0.25, -0.2) is 13.8 Å². The van der Waals surface area contributed by atoms with Crippen LogP contribution in [0.25, 0.3) is 0 Å². The SMILES string of the molecule is NCc1nc(C(=O)NCC2(c3c(F)cccc3F)CCCC2)cs1. The van der Waals surface area contributed by atoms with Gasteiger partial charge in [0.05, 0.1) is 0 Å². The Morgan fingerprint density at radius 1 is 1.29 bits per heavy atom. The van der Waals surface area contributed by atoms with E-state index in [1.54, 1.807) is 5.38 Å². The first-order valence-electron chi connectivity index (χ1n) is 7.93. The highest BCUT2D eigenvalue weighted by atomic mass is 32.1. The summed E-state index contributed by atoms with van der Waals surface area (Å²) in [4.78, 5) is 16.4. The monoisotopic (exact) mass is 351 g/mol. The number of amides is 1. The second-order valence-electron chi connectivity index (χ2n) is 6.10. The van der Waals surface area contributed by atoms with Crippen molar-refractivity contribution in [3.63, 3.8) is 0 Å². The molecule has 1 amide bonds. The van der Waals surface area contributed by atoms with Crippen molar-refractivity contribution < 1.29 is 13.6 Å². The molecule has 1 saturated carbocycles. The standard InChI is InChI=1S/C17H19F2N3OS/c18-11-4-3-5-12(19)15(11)17(6-1-2-7-17)10-21-16(23)13-9-24-14(8-20)22-13/h3-5,9H,1-2,6-8,10,20H2,(H,21,23). The minimum atomic E-state index is -0.697. The van der Waals surface area contributed by atoms with Crippen molar-refractivity contribution in [1.82, 2.24) is 10.3 Å². The number of rotatable bonds is 5. The van der Waals surface area contributed by atoms with Crippen LogP contribution in [0.1, 0.15) is 46.7 Å². The fourth-order valence-corrected chi connectivity index (χ4v) is 4.08. The number of carbonyl (C=O) groups is 1. The summed E-state index contributed by atoms with van der Waals surface area (Å²) in [7, 11) is 0. The number of nitrogens with zero attached hydrogens (tertiary/aromatic N) is 1. The van der Waals surface area contributed by atoms with Gasteiger partial charge in [-0.2, -0.15) is 0 Å². The van der Waals surface area contributed by atoms with Crippen LogP contribution < -0.4 is 11.1 Å². The molecule has 0 saturated heterocycles. The van der Waals surface area contributed by atoms with Gasteiger partial charge in [-0.3, -0.25) is 4.79 Å². The summed E-state index contributed by atoms with van der Waals surface area (Å²) in [6.45, 7) is 0.474. The lowest BCUT2D eigenvalue weighted by atomic mass is 9.78. The highest BCUT2D eigenvalue weighted by molar-refractivity contribution is 7.09. The maximum Gasteiger partial charge on any atom is 0.270 e. The first kappa shape index (κ1) is 17.0. The van der Waals surface area contributed by atoms with Gasteiger partial charge >= 0.3 is 0 Å². The van der Waals surface area contributed by atoms with Crippen LogP contribution in [0, 0.1) is 11.6 Å². The van der Waals surface area contributed by atoms with Crippen molar-refractivity contribution in [2.45, 2.75) is 37.6 Å². The smallest absolute Gasteiger partial charge is 0.270 e. The Morgan fingerprint density at radius 2 is 1.96 bits per heavy atom. The Hall–Kier alpha value is -1.86. The molecule has 3 rings (SSSR count). The zero-order valence-corrected chi connectivity index (χ0v) is 14.0. The first-order chi connectivity index (χ1) is 11.6. The third-order valence-corrected chi connectivity index (χ3v) is 5.47. The van der Waals surface area contributed by atoms with Crippen molar-refractivity contribution >= 4 is 17.2 Å². The molecule has 2 aromatic rings. The lowest BCUT2D eigenvalue weighted by molar-refractivity contribution is 0.0937. The molecule has 128 valence electrons. The van der Waals surface area contributed by atoms with Gasteiger partial charge in [0, 0.05) is 29.4 Å². The zero-order valence-electron chi connectivity index (χ0n) is 13.1. The molecule has 4 nitrogen and oxygen atoms in total. The van der Waals surface area contributed by atoms with E-state index in [1.807, 2.05) is 0 Å². The molecule has 3 N–H and O–H groups in total. The molecular formula is C17H19F2N3OS. The van der Waals surface area contributed by atoms with E-state index in [0.29, 0.717) is 23.5 Å². The van der Waals surface area contributed by atoms with Gasteiger partial charge in [0.15, 0.2) is 0 Å². The topological polar surface area (TPSA) is 68.0 Å². The predicted octanol–water partition coefficient (Wildman–Crippen LogP) is 3.12. The average Bonchev–Trinajstić information content (AvgIpc) is 3.22. The molecule has 1 aliphatic rings. The van der Waals surface area contributed by atoms with Gasteiger partial charge in [0.25, 0.3) is 5.91 Å². The van der Waals surface area contributed by atoms with Crippen molar-refractivity contribution in [2.75, 3.05) is 6.54 Å². The fraction of sp³-hybridized carbons (Fsp3) is 0.412. The fourth-order valence-electron chi connectivity index (χ4n) is 3.42. The van der Waals surface area contributed by atoms with Crippen LogP contribution in [-0.4, -0.2) is 17.4 Å². The zero-order chi connectivity index (χ0) is 17.2. The maximum absolute atomic E-state index is 14.3. The lowest BCUT2D eigenvalue weighted by Crippen LogP contribution is -2.40. The maximum atomic E-state index is 14.3. The molecule has 0 unspecified atom stereocenters. The molecule has 1 aromatic carbocycles. The number of halogens is 2. The molecule has 7 heteroatoms. The first-order valence-corrected chi connectivity index (χ1v) is 8.81. The summed E-state index contributed by atoms with van der Waals surface area (Å²) >= 11 is 1.32. The van der Waals surface area contributed by atoms with Crippen LogP contribution in [0.5, 0.6) is 0 Å². The lowest BCUT2D eigenvalue weighted by Gasteiger charge is -2.30. The van der Waals surface area contributed by atoms with Crippen LogP contribution in [0.15, 0.2) is 23.6 Å². The van der Waals surface area contributed by atoms with Crippen LogP contribution in [0.2, 0.25) is 0 Å². The number of hydrogen-bond donors (Lipinski definition) is 2. The number of carbonyl (C=O) groups excluding carboxylic acids is 1. The second-order valence-corrected chi connectivity index (χ2v) is 7.04. The summed E-state index contributed by atoms with van der Waals surface area (Å²) < 4.78 is 28.5. The van der Waals surface area contributed by atoms with Crippen LogP contribution in [0.4, 0.5) is 8.78 Å². The number of nitrogens with two attached hydrogens (primary N) is 1. The van der Waals surface area contributed by atoms with Crippen LogP contribution in [0.3, 0.4) is 0 Å². The summed E-state index contributed by atoms with van der Waals surface area (Å²) in [5, 5.41) is 5.12. The second kappa shape index (κ2) is 6.94. The van der Waals surface area contributed by atoms with E-state index in [4.69, 9.17) is 5.73 Å². The normalized spacial score (nSPS) is 16.3. The minimum absolute atomic E-state index is 0.0868. The highest BCUT2D eigenvalue weighted by Gasteiger charge is 2.40. The largest absolute Gasteiger partial charge is 0.350 e. The highest BCUT2D eigenvalue weighted by Crippen LogP contribution is 2.42. The summed E-state index contributed by atoms with van der Waals surface area (Å²) in [5.74, 6) is -1.44. The van der Waals surface area contributed by atoms with Gasteiger partial charge in [0.2, 0.25) is 0 Å². The number of benzene rings is 1. The summed E-state index contributed by atoms with van der Waals surface area (Å²) in [5.41, 5.74) is 5.18. The van der Waals surface area contributed by atoms with Crippen molar-refractivity contribution in [3.05, 3.63) is 51.5 Å². The Morgan fingerprint density at radius 3 is 2.54 bits per heavy atom. The summed E-state index contributed by atoms with van der Waals surface area (Å²) in [6, 6.07) is 3.90. The Balaban J connectivity index is 1.81. The van der Waals surface area contributed by atoms with Crippen molar-refractivity contribution in [2.24, 2.45) is 5.73 Å². The Bertz CT molecular complexity index is 721. The average molecular weight is 351 g/mol. The van der Waals surface area contributed by atoms with E-state index in [-0.39, 0.29) is 24.6 Å². The van der Waals surface area contributed by atoms with E-state index in [0.717, 1.165) is 12.8 Å². The molecule has 1 fully saturated rings. The van der Waals surface area contributed by atoms with Gasteiger partial charge in [0.1, 0.15) is 22.3 Å². The molecule has 24 heavy (non-hydrogen) atoms. The molecule has 0 aliphatic heterocycles. The van der Waals surface area contributed by atoms with E-state index in [9.17, 15) is 13.6 Å². The third-order valence-electron chi connectivity index (χ3n) is 4.60. The molecule has 0 spiro atoms. The number of aromatic nitrogens is 1. The predicted molar refractivity (Wildman–Crippen MR) is 88.8 cm³/mol.